The molecular weight excluding hydrogens is 255 g/mol. The van der Waals surface area contributed by atoms with Crippen molar-refractivity contribution in [2.24, 2.45) is 0 Å². The molecular formula is C16H19FN2O. The molecule has 1 heterocycles. The van der Waals surface area contributed by atoms with Crippen LogP contribution in [0.25, 0.3) is 0 Å². The maximum atomic E-state index is 13.8. The van der Waals surface area contributed by atoms with Gasteiger partial charge in [0.05, 0.1) is 7.11 Å². The first kappa shape index (κ1) is 14.5. The summed E-state index contributed by atoms with van der Waals surface area (Å²) >= 11 is 0. The minimum absolute atomic E-state index is 0.0720. The summed E-state index contributed by atoms with van der Waals surface area (Å²) in [7, 11) is 1.47. The molecule has 1 aromatic carbocycles. The van der Waals surface area contributed by atoms with Crippen molar-refractivity contribution < 1.29 is 9.13 Å². The highest BCUT2D eigenvalue weighted by molar-refractivity contribution is 5.32. The molecule has 2 aromatic rings. The van der Waals surface area contributed by atoms with Gasteiger partial charge in [-0.25, -0.2) is 4.39 Å². The number of halogens is 1. The Labute approximate surface area is 118 Å². The van der Waals surface area contributed by atoms with Gasteiger partial charge in [0.1, 0.15) is 0 Å². The molecule has 2 rings (SSSR count). The summed E-state index contributed by atoms with van der Waals surface area (Å²) < 4.78 is 18.8. The normalized spacial score (nSPS) is 12.2. The molecule has 0 radical (unpaired) electrons. The maximum absolute atomic E-state index is 13.8. The molecule has 0 fully saturated rings. The molecule has 0 aliphatic heterocycles. The van der Waals surface area contributed by atoms with Crippen molar-refractivity contribution in [1.82, 2.24) is 10.3 Å². The maximum Gasteiger partial charge on any atom is 0.165 e. The van der Waals surface area contributed by atoms with E-state index in [2.05, 4.69) is 10.3 Å². The Morgan fingerprint density at radius 3 is 2.60 bits per heavy atom. The van der Waals surface area contributed by atoms with E-state index in [9.17, 15) is 4.39 Å². The highest BCUT2D eigenvalue weighted by atomic mass is 19.1. The van der Waals surface area contributed by atoms with Crippen LogP contribution in [0.2, 0.25) is 0 Å². The number of hydrogen-bond acceptors (Lipinski definition) is 3. The molecule has 1 N–H and O–H groups in total. The summed E-state index contributed by atoms with van der Waals surface area (Å²) in [5.41, 5.74) is 2.09. The highest BCUT2D eigenvalue weighted by Crippen LogP contribution is 2.24. The molecule has 0 aliphatic carbocycles. The smallest absolute Gasteiger partial charge is 0.165 e. The van der Waals surface area contributed by atoms with Gasteiger partial charge in [-0.15, -0.1) is 0 Å². The zero-order valence-electron chi connectivity index (χ0n) is 11.8. The van der Waals surface area contributed by atoms with Crippen LogP contribution in [-0.4, -0.2) is 18.6 Å². The third-order valence-electron chi connectivity index (χ3n) is 3.22. The lowest BCUT2D eigenvalue weighted by molar-refractivity contribution is 0.385. The third kappa shape index (κ3) is 3.54. The first-order chi connectivity index (χ1) is 9.74. The van der Waals surface area contributed by atoms with Crippen molar-refractivity contribution in [2.45, 2.75) is 19.4 Å². The number of aromatic nitrogens is 1. The molecule has 3 nitrogen and oxygen atoms in total. The minimum atomic E-state index is -0.331. The van der Waals surface area contributed by atoms with Crippen molar-refractivity contribution in [3.8, 4) is 5.75 Å². The van der Waals surface area contributed by atoms with E-state index in [1.54, 1.807) is 18.5 Å². The molecule has 1 aromatic heterocycles. The Morgan fingerprint density at radius 2 is 2.00 bits per heavy atom. The second-order valence-corrected chi connectivity index (χ2v) is 4.56. The van der Waals surface area contributed by atoms with E-state index < -0.39 is 0 Å². The summed E-state index contributed by atoms with van der Waals surface area (Å²) in [6.45, 7) is 2.86. The van der Waals surface area contributed by atoms with Crippen molar-refractivity contribution in [3.63, 3.8) is 0 Å². The number of benzene rings is 1. The first-order valence-corrected chi connectivity index (χ1v) is 6.70. The quantitative estimate of drug-likeness (QED) is 0.878. The van der Waals surface area contributed by atoms with Gasteiger partial charge in [-0.3, -0.25) is 4.98 Å². The Kier molecular flexibility index (Phi) is 5.07. The summed E-state index contributed by atoms with van der Waals surface area (Å²) in [5, 5.41) is 3.38. The van der Waals surface area contributed by atoms with Gasteiger partial charge in [-0.2, -0.15) is 0 Å². The van der Waals surface area contributed by atoms with E-state index in [4.69, 9.17) is 4.74 Å². The fourth-order valence-electron chi connectivity index (χ4n) is 2.21. The van der Waals surface area contributed by atoms with Crippen molar-refractivity contribution >= 4 is 0 Å². The summed E-state index contributed by atoms with van der Waals surface area (Å²) in [6.07, 6.45) is 4.34. The molecule has 1 unspecified atom stereocenters. The third-order valence-corrected chi connectivity index (χ3v) is 3.22. The van der Waals surface area contributed by atoms with E-state index in [1.807, 2.05) is 25.1 Å². The fourth-order valence-corrected chi connectivity index (χ4v) is 2.21. The lowest BCUT2D eigenvalue weighted by Gasteiger charge is -2.19. The summed E-state index contributed by atoms with van der Waals surface area (Å²) in [4.78, 5) is 4.01. The summed E-state index contributed by atoms with van der Waals surface area (Å²) in [5.74, 6) is -0.0597. The molecule has 4 heteroatoms. The van der Waals surface area contributed by atoms with Gasteiger partial charge in [-0.05, 0) is 48.4 Å². The van der Waals surface area contributed by atoms with Crippen LogP contribution in [0.1, 0.15) is 24.1 Å². The van der Waals surface area contributed by atoms with E-state index in [-0.39, 0.29) is 17.6 Å². The molecule has 0 spiro atoms. The highest BCUT2D eigenvalue weighted by Gasteiger charge is 2.13. The zero-order valence-corrected chi connectivity index (χ0v) is 11.8. The monoisotopic (exact) mass is 274 g/mol. The molecule has 0 bridgehead atoms. The van der Waals surface area contributed by atoms with Crippen molar-refractivity contribution in [1.29, 1.82) is 0 Å². The zero-order chi connectivity index (χ0) is 14.4. The van der Waals surface area contributed by atoms with E-state index in [1.165, 1.54) is 18.7 Å². The first-order valence-electron chi connectivity index (χ1n) is 6.70. The van der Waals surface area contributed by atoms with Crippen LogP contribution in [-0.2, 0) is 6.42 Å². The Bertz CT molecular complexity index is 545. The number of ether oxygens (including phenoxy) is 1. The Morgan fingerprint density at radius 1 is 1.25 bits per heavy atom. The molecule has 0 aliphatic rings. The number of likely N-dealkylation sites (N-methyl/N-ethyl adjacent to an activating group) is 1. The van der Waals surface area contributed by atoms with E-state index in [0.29, 0.717) is 0 Å². The van der Waals surface area contributed by atoms with Gasteiger partial charge in [0.15, 0.2) is 11.6 Å². The lowest BCUT2D eigenvalue weighted by Crippen LogP contribution is -2.23. The fraction of sp³-hybridized carbons (Fsp3) is 0.312. The van der Waals surface area contributed by atoms with Gasteiger partial charge < -0.3 is 10.1 Å². The van der Waals surface area contributed by atoms with Crippen LogP contribution < -0.4 is 10.1 Å². The van der Waals surface area contributed by atoms with Crippen LogP contribution in [0.3, 0.4) is 0 Å². The molecule has 106 valence electrons. The molecule has 0 saturated carbocycles. The van der Waals surface area contributed by atoms with Gasteiger partial charge >= 0.3 is 0 Å². The van der Waals surface area contributed by atoms with Gasteiger partial charge in [0, 0.05) is 18.4 Å². The standard InChI is InChI=1S/C16H19FN2O/c1-3-19-15(10-12-6-8-18-9-7-12)13-4-5-16(20-2)14(17)11-13/h4-9,11,15,19H,3,10H2,1-2H3. The van der Waals surface area contributed by atoms with Crippen LogP contribution in [0.15, 0.2) is 42.7 Å². The number of nitrogens with zero attached hydrogens (tertiary/aromatic N) is 1. The van der Waals surface area contributed by atoms with Crippen LogP contribution >= 0.6 is 0 Å². The van der Waals surface area contributed by atoms with Crippen LogP contribution in [0, 0.1) is 5.82 Å². The number of pyridine rings is 1. The average Bonchev–Trinajstić information content (AvgIpc) is 2.48. The minimum Gasteiger partial charge on any atom is -0.494 e. The second-order valence-electron chi connectivity index (χ2n) is 4.56. The van der Waals surface area contributed by atoms with E-state index in [0.717, 1.165) is 18.5 Å². The topological polar surface area (TPSA) is 34.2 Å². The molecule has 0 amide bonds. The predicted octanol–water partition coefficient (Wildman–Crippen LogP) is 3.12. The summed E-state index contributed by atoms with van der Waals surface area (Å²) in [6, 6.07) is 9.13. The SMILES string of the molecule is CCNC(Cc1ccncc1)c1ccc(OC)c(F)c1. The number of nitrogens with one attached hydrogen (secondary N) is 1. The lowest BCUT2D eigenvalue weighted by atomic mass is 9.99. The van der Waals surface area contributed by atoms with Gasteiger partial charge in [-0.1, -0.05) is 13.0 Å². The van der Waals surface area contributed by atoms with Crippen LogP contribution in [0.5, 0.6) is 5.75 Å². The molecule has 1 atom stereocenters. The van der Waals surface area contributed by atoms with Gasteiger partial charge in [0.25, 0.3) is 0 Å². The largest absolute Gasteiger partial charge is 0.494 e. The number of methoxy groups -OCH3 is 1. The van der Waals surface area contributed by atoms with Gasteiger partial charge in [0.2, 0.25) is 0 Å². The predicted molar refractivity (Wildman–Crippen MR) is 77.3 cm³/mol. The Balaban J connectivity index is 2.22. The second kappa shape index (κ2) is 7.01. The molecule has 0 saturated heterocycles. The van der Waals surface area contributed by atoms with Crippen molar-refractivity contribution in [2.75, 3.05) is 13.7 Å². The molecule has 20 heavy (non-hydrogen) atoms. The average molecular weight is 274 g/mol. The Hall–Kier alpha value is -1.94. The number of hydrogen-bond donors (Lipinski definition) is 1. The van der Waals surface area contributed by atoms with Crippen molar-refractivity contribution in [3.05, 3.63) is 59.7 Å². The van der Waals surface area contributed by atoms with E-state index >= 15 is 0 Å². The van der Waals surface area contributed by atoms with Crippen LogP contribution in [0.4, 0.5) is 4.39 Å². The number of rotatable bonds is 6.